The molecule has 0 aliphatic heterocycles. The van der Waals surface area contributed by atoms with Gasteiger partial charge in [0.1, 0.15) is 0 Å². The lowest BCUT2D eigenvalue weighted by molar-refractivity contribution is -0.138. The summed E-state index contributed by atoms with van der Waals surface area (Å²) in [6.07, 6.45) is -2.04. The zero-order valence-electron chi connectivity index (χ0n) is 9.75. The molecule has 1 aliphatic carbocycles. The van der Waals surface area contributed by atoms with Gasteiger partial charge in [-0.15, -0.1) is 0 Å². The quantitative estimate of drug-likeness (QED) is 0.868. The molecule has 1 saturated carbocycles. The average molecular weight is 244 g/mol. The predicted molar refractivity (Wildman–Crippen MR) is 58.3 cm³/mol. The van der Waals surface area contributed by atoms with Gasteiger partial charge in [-0.3, -0.25) is 4.98 Å². The first-order valence-corrected chi connectivity index (χ1v) is 5.51. The van der Waals surface area contributed by atoms with E-state index in [0.717, 1.165) is 6.20 Å². The van der Waals surface area contributed by atoms with Crippen LogP contribution < -0.4 is 5.73 Å². The number of hydrogen-bond acceptors (Lipinski definition) is 2. The summed E-state index contributed by atoms with van der Waals surface area (Å²) < 4.78 is 38.5. The fraction of sp³-hybridized carbons (Fsp3) is 0.583. The standard InChI is InChI=1S/C12H15F3N2/c1-11(2)8(5-16)10(11)7-3-4-17-6-9(7)12(13,14)15/h3-4,6,8,10H,5,16H2,1-2H3. The SMILES string of the molecule is CC1(C)C(CN)C1c1ccncc1C(F)(F)F. The van der Waals surface area contributed by atoms with Crippen LogP contribution in [0, 0.1) is 11.3 Å². The molecule has 1 heterocycles. The van der Waals surface area contributed by atoms with Crippen LogP contribution in [0.4, 0.5) is 13.2 Å². The Hall–Kier alpha value is -1.10. The number of hydrogen-bond donors (Lipinski definition) is 1. The summed E-state index contributed by atoms with van der Waals surface area (Å²) in [7, 11) is 0. The Morgan fingerprint density at radius 3 is 2.53 bits per heavy atom. The molecule has 5 heteroatoms. The van der Waals surface area contributed by atoms with Crippen molar-refractivity contribution in [3.63, 3.8) is 0 Å². The summed E-state index contributed by atoms with van der Waals surface area (Å²) in [5, 5.41) is 0. The maximum absolute atomic E-state index is 12.8. The van der Waals surface area contributed by atoms with Gasteiger partial charge in [0.15, 0.2) is 0 Å². The molecule has 0 spiro atoms. The zero-order valence-corrected chi connectivity index (χ0v) is 9.75. The lowest BCUT2D eigenvalue weighted by Gasteiger charge is -2.12. The average Bonchev–Trinajstić information content (AvgIpc) is 2.79. The maximum Gasteiger partial charge on any atom is 0.418 e. The molecule has 1 aromatic rings. The van der Waals surface area contributed by atoms with Crippen LogP contribution in [0.1, 0.15) is 30.9 Å². The van der Waals surface area contributed by atoms with E-state index in [4.69, 9.17) is 5.73 Å². The van der Waals surface area contributed by atoms with Gasteiger partial charge in [-0.25, -0.2) is 0 Å². The Labute approximate surface area is 98.0 Å². The molecule has 0 bridgehead atoms. The van der Waals surface area contributed by atoms with Gasteiger partial charge in [0.2, 0.25) is 0 Å². The van der Waals surface area contributed by atoms with E-state index in [-0.39, 0.29) is 17.3 Å². The van der Waals surface area contributed by atoms with Crippen molar-refractivity contribution in [2.45, 2.75) is 25.9 Å². The van der Waals surface area contributed by atoms with Crippen LogP contribution in [0.5, 0.6) is 0 Å². The third-order valence-corrected chi connectivity index (χ3v) is 3.80. The number of pyridine rings is 1. The highest BCUT2D eigenvalue weighted by Gasteiger charge is 2.59. The highest BCUT2D eigenvalue weighted by atomic mass is 19.4. The van der Waals surface area contributed by atoms with Crippen molar-refractivity contribution in [2.75, 3.05) is 6.54 Å². The van der Waals surface area contributed by atoms with Crippen molar-refractivity contribution in [2.24, 2.45) is 17.1 Å². The van der Waals surface area contributed by atoms with Crippen LogP contribution in [0.3, 0.4) is 0 Å². The molecule has 0 saturated heterocycles. The van der Waals surface area contributed by atoms with E-state index in [0.29, 0.717) is 12.1 Å². The first-order valence-electron chi connectivity index (χ1n) is 5.51. The third-order valence-electron chi connectivity index (χ3n) is 3.80. The Bertz CT molecular complexity index is 426. The number of nitrogens with zero attached hydrogens (tertiary/aromatic N) is 1. The molecule has 1 fully saturated rings. The van der Waals surface area contributed by atoms with Gasteiger partial charge in [-0.2, -0.15) is 13.2 Å². The summed E-state index contributed by atoms with van der Waals surface area (Å²) in [5.41, 5.74) is 5.14. The van der Waals surface area contributed by atoms with E-state index < -0.39 is 11.7 Å². The van der Waals surface area contributed by atoms with E-state index in [2.05, 4.69) is 4.98 Å². The number of rotatable bonds is 2. The molecular formula is C12H15F3N2. The number of aromatic nitrogens is 1. The molecule has 2 N–H and O–H groups in total. The molecule has 0 amide bonds. The second-order valence-electron chi connectivity index (χ2n) is 5.10. The molecule has 2 unspecified atom stereocenters. The summed E-state index contributed by atoms with van der Waals surface area (Å²) in [6, 6.07) is 1.46. The minimum absolute atomic E-state index is 0.117. The van der Waals surface area contributed by atoms with Crippen LogP contribution in [0.15, 0.2) is 18.5 Å². The van der Waals surface area contributed by atoms with Crippen molar-refractivity contribution >= 4 is 0 Å². The lowest BCUT2D eigenvalue weighted by Crippen LogP contribution is -2.10. The van der Waals surface area contributed by atoms with Crippen molar-refractivity contribution in [1.29, 1.82) is 0 Å². The topological polar surface area (TPSA) is 38.9 Å². The molecular weight excluding hydrogens is 229 g/mol. The van der Waals surface area contributed by atoms with E-state index in [1.54, 1.807) is 0 Å². The minimum atomic E-state index is -4.35. The Morgan fingerprint density at radius 2 is 2.06 bits per heavy atom. The third kappa shape index (κ3) is 1.92. The fourth-order valence-corrected chi connectivity index (χ4v) is 2.71. The monoisotopic (exact) mass is 244 g/mol. The van der Waals surface area contributed by atoms with Crippen LogP contribution in [-0.2, 0) is 6.18 Å². The lowest BCUT2D eigenvalue weighted by atomic mass is 9.99. The normalized spacial score (nSPS) is 26.9. The molecule has 1 aliphatic rings. The first-order chi connectivity index (χ1) is 7.80. The summed E-state index contributed by atoms with van der Waals surface area (Å²) in [5.74, 6) is -0.00174. The summed E-state index contributed by atoms with van der Waals surface area (Å²) in [4.78, 5) is 3.57. The van der Waals surface area contributed by atoms with Crippen molar-refractivity contribution in [3.8, 4) is 0 Å². The van der Waals surface area contributed by atoms with Gasteiger partial charge in [-0.1, -0.05) is 13.8 Å². The van der Waals surface area contributed by atoms with Gasteiger partial charge in [0.25, 0.3) is 0 Å². The summed E-state index contributed by atoms with van der Waals surface area (Å²) in [6.45, 7) is 4.32. The van der Waals surface area contributed by atoms with Gasteiger partial charge < -0.3 is 5.73 Å². The van der Waals surface area contributed by atoms with Crippen molar-refractivity contribution in [3.05, 3.63) is 29.6 Å². The van der Waals surface area contributed by atoms with Gasteiger partial charge in [0.05, 0.1) is 5.56 Å². The van der Waals surface area contributed by atoms with Gasteiger partial charge in [0, 0.05) is 12.4 Å². The number of nitrogens with two attached hydrogens (primary N) is 1. The molecule has 17 heavy (non-hydrogen) atoms. The minimum Gasteiger partial charge on any atom is -0.330 e. The first kappa shape index (κ1) is 12.4. The van der Waals surface area contributed by atoms with Crippen LogP contribution in [-0.4, -0.2) is 11.5 Å². The van der Waals surface area contributed by atoms with Gasteiger partial charge in [-0.05, 0) is 35.4 Å². The fourth-order valence-electron chi connectivity index (χ4n) is 2.71. The van der Waals surface area contributed by atoms with Crippen LogP contribution in [0.2, 0.25) is 0 Å². The predicted octanol–water partition coefficient (Wildman–Crippen LogP) is 2.80. The Balaban J connectivity index is 2.42. The zero-order chi connectivity index (χ0) is 12.8. The molecule has 2 rings (SSSR count). The molecule has 2 atom stereocenters. The van der Waals surface area contributed by atoms with Crippen LogP contribution >= 0.6 is 0 Å². The van der Waals surface area contributed by atoms with E-state index >= 15 is 0 Å². The molecule has 1 aromatic heterocycles. The largest absolute Gasteiger partial charge is 0.418 e. The summed E-state index contributed by atoms with van der Waals surface area (Å²) >= 11 is 0. The number of alkyl halides is 3. The molecule has 0 aromatic carbocycles. The Morgan fingerprint density at radius 1 is 1.41 bits per heavy atom. The van der Waals surface area contributed by atoms with Crippen molar-refractivity contribution in [1.82, 2.24) is 4.98 Å². The molecule has 94 valence electrons. The van der Waals surface area contributed by atoms with E-state index in [1.165, 1.54) is 12.3 Å². The second kappa shape index (κ2) is 3.70. The molecule has 0 radical (unpaired) electrons. The highest BCUT2D eigenvalue weighted by Crippen LogP contribution is 2.64. The molecule has 2 nitrogen and oxygen atoms in total. The Kier molecular flexibility index (Phi) is 2.69. The van der Waals surface area contributed by atoms with Crippen molar-refractivity contribution < 1.29 is 13.2 Å². The maximum atomic E-state index is 12.8. The van der Waals surface area contributed by atoms with E-state index in [9.17, 15) is 13.2 Å². The highest BCUT2D eigenvalue weighted by molar-refractivity contribution is 5.38. The van der Waals surface area contributed by atoms with Gasteiger partial charge >= 0.3 is 6.18 Å². The smallest absolute Gasteiger partial charge is 0.330 e. The van der Waals surface area contributed by atoms with Crippen LogP contribution in [0.25, 0.3) is 0 Å². The van der Waals surface area contributed by atoms with E-state index in [1.807, 2.05) is 13.8 Å². The number of halogens is 3. The second-order valence-corrected chi connectivity index (χ2v) is 5.10.